The quantitative estimate of drug-likeness (QED) is 0.598. The van der Waals surface area contributed by atoms with Gasteiger partial charge in [-0.25, -0.2) is 0 Å². The van der Waals surface area contributed by atoms with Crippen molar-refractivity contribution in [2.24, 2.45) is 0 Å². The Bertz CT molecular complexity index is 54.6. The van der Waals surface area contributed by atoms with E-state index in [4.69, 9.17) is 5.11 Å². The van der Waals surface area contributed by atoms with Gasteiger partial charge in [0.05, 0.1) is 6.61 Å². The standard InChI is InChI=1S/C4H7BrO/c1-4(5)2-3-6/h2,6H,3H2,1H3/b4-2+. The van der Waals surface area contributed by atoms with Crippen molar-refractivity contribution in [3.63, 3.8) is 0 Å². The maximum absolute atomic E-state index is 8.13. The Kier molecular flexibility index (Phi) is 3.47. The molecule has 0 unspecified atom stereocenters. The van der Waals surface area contributed by atoms with Gasteiger partial charge in [0, 0.05) is 0 Å². The van der Waals surface area contributed by atoms with Gasteiger partial charge in [-0.3, -0.25) is 0 Å². The Morgan fingerprint density at radius 3 is 2.50 bits per heavy atom. The Morgan fingerprint density at radius 2 is 2.50 bits per heavy atom. The van der Waals surface area contributed by atoms with Crippen molar-refractivity contribution in [1.82, 2.24) is 0 Å². The third-order valence-corrected chi connectivity index (χ3v) is 0.696. The van der Waals surface area contributed by atoms with Crippen LogP contribution in [0.15, 0.2) is 10.6 Å². The molecule has 0 aromatic rings. The highest BCUT2D eigenvalue weighted by Crippen LogP contribution is 1.98. The summed E-state index contributed by atoms with van der Waals surface area (Å²) in [5.41, 5.74) is 0. The molecule has 0 radical (unpaired) electrons. The molecule has 0 saturated heterocycles. The van der Waals surface area contributed by atoms with Gasteiger partial charge in [0.1, 0.15) is 0 Å². The molecule has 0 bridgehead atoms. The number of rotatable bonds is 1. The van der Waals surface area contributed by atoms with Crippen LogP contribution in [0.3, 0.4) is 0 Å². The lowest BCUT2D eigenvalue weighted by Crippen LogP contribution is -1.69. The first kappa shape index (κ1) is 6.18. The molecule has 6 heavy (non-hydrogen) atoms. The van der Waals surface area contributed by atoms with Crippen LogP contribution in [0.4, 0.5) is 0 Å². The highest BCUT2D eigenvalue weighted by Gasteiger charge is 1.70. The molecular weight excluding hydrogens is 144 g/mol. The summed E-state index contributed by atoms with van der Waals surface area (Å²) in [6.07, 6.45) is 1.68. The molecule has 0 heterocycles. The van der Waals surface area contributed by atoms with Crippen LogP contribution in [-0.4, -0.2) is 11.7 Å². The predicted octanol–water partition coefficient (Wildman–Crippen LogP) is 1.28. The third-order valence-electron chi connectivity index (χ3n) is 0.373. The molecule has 0 atom stereocenters. The topological polar surface area (TPSA) is 20.2 Å². The van der Waals surface area contributed by atoms with Gasteiger partial charge in [-0.1, -0.05) is 15.9 Å². The van der Waals surface area contributed by atoms with Gasteiger partial charge in [0.15, 0.2) is 0 Å². The largest absolute Gasteiger partial charge is 0.392 e. The lowest BCUT2D eigenvalue weighted by molar-refractivity contribution is 0.342. The molecular formula is C4H7BrO. The fraction of sp³-hybridized carbons (Fsp3) is 0.500. The van der Waals surface area contributed by atoms with Gasteiger partial charge in [-0.2, -0.15) is 0 Å². The number of aliphatic hydroxyl groups excluding tert-OH is 1. The van der Waals surface area contributed by atoms with Gasteiger partial charge in [0.2, 0.25) is 0 Å². The van der Waals surface area contributed by atoms with Crippen LogP contribution in [-0.2, 0) is 0 Å². The van der Waals surface area contributed by atoms with Crippen LogP contribution in [0.2, 0.25) is 0 Å². The average molecular weight is 151 g/mol. The zero-order valence-electron chi connectivity index (χ0n) is 3.61. The molecule has 0 amide bonds. The van der Waals surface area contributed by atoms with E-state index in [1.807, 2.05) is 6.92 Å². The fourth-order valence-corrected chi connectivity index (χ4v) is 0.271. The maximum Gasteiger partial charge on any atom is 0.0623 e. The summed E-state index contributed by atoms with van der Waals surface area (Å²) in [5.74, 6) is 0. The minimum Gasteiger partial charge on any atom is -0.392 e. The first-order valence-electron chi connectivity index (χ1n) is 1.70. The second-order valence-electron chi connectivity index (χ2n) is 0.973. The number of halogens is 1. The van der Waals surface area contributed by atoms with Crippen molar-refractivity contribution in [2.75, 3.05) is 6.61 Å². The van der Waals surface area contributed by atoms with Crippen LogP contribution in [0.1, 0.15) is 6.92 Å². The minimum absolute atomic E-state index is 0.122. The predicted molar refractivity (Wildman–Crippen MR) is 29.8 cm³/mol. The average Bonchev–Trinajstić information content (AvgIpc) is 1.35. The van der Waals surface area contributed by atoms with Crippen molar-refractivity contribution in [2.45, 2.75) is 6.92 Å². The molecule has 0 aliphatic rings. The van der Waals surface area contributed by atoms with Crippen LogP contribution in [0, 0.1) is 0 Å². The van der Waals surface area contributed by atoms with E-state index in [-0.39, 0.29) is 6.61 Å². The highest BCUT2D eigenvalue weighted by molar-refractivity contribution is 9.11. The minimum atomic E-state index is 0.122. The second kappa shape index (κ2) is 3.37. The fourth-order valence-electron chi connectivity index (χ4n) is 0.126. The first-order valence-corrected chi connectivity index (χ1v) is 2.50. The van der Waals surface area contributed by atoms with Gasteiger partial charge in [-0.05, 0) is 17.5 Å². The normalized spacial score (nSPS) is 12.2. The molecule has 1 nitrogen and oxygen atoms in total. The summed E-state index contributed by atoms with van der Waals surface area (Å²) in [5, 5.41) is 8.13. The van der Waals surface area contributed by atoms with Crippen molar-refractivity contribution in [1.29, 1.82) is 0 Å². The van der Waals surface area contributed by atoms with Crippen molar-refractivity contribution >= 4 is 15.9 Å². The summed E-state index contributed by atoms with van der Waals surface area (Å²) in [4.78, 5) is 0. The zero-order chi connectivity index (χ0) is 4.99. The molecule has 0 spiro atoms. The lowest BCUT2D eigenvalue weighted by atomic mass is 10.6. The molecule has 0 rings (SSSR count). The van der Waals surface area contributed by atoms with Crippen molar-refractivity contribution in [3.05, 3.63) is 10.6 Å². The van der Waals surface area contributed by atoms with E-state index in [1.54, 1.807) is 6.08 Å². The van der Waals surface area contributed by atoms with E-state index in [9.17, 15) is 0 Å². The second-order valence-corrected chi connectivity index (χ2v) is 2.22. The van der Waals surface area contributed by atoms with Crippen LogP contribution < -0.4 is 0 Å². The first-order chi connectivity index (χ1) is 2.77. The smallest absolute Gasteiger partial charge is 0.0623 e. The number of hydrogen-bond donors (Lipinski definition) is 1. The Hall–Kier alpha value is 0.180. The molecule has 1 N–H and O–H groups in total. The van der Waals surface area contributed by atoms with Crippen molar-refractivity contribution in [3.8, 4) is 0 Å². The Morgan fingerprint density at radius 1 is 2.00 bits per heavy atom. The molecule has 0 aliphatic heterocycles. The van der Waals surface area contributed by atoms with Gasteiger partial charge >= 0.3 is 0 Å². The Labute approximate surface area is 45.8 Å². The summed E-state index contributed by atoms with van der Waals surface area (Å²) in [6.45, 7) is 1.99. The van der Waals surface area contributed by atoms with E-state index in [0.29, 0.717) is 0 Å². The van der Waals surface area contributed by atoms with Crippen LogP contribution >= 0.6 is 15.9 Å². The number of aliphatic hydroxyl groups is 1. The van der Waals surface area contributed by atoms with E-state index < -0.39 is 0 Å². The Balaban J connectivity index is 3.14. The van der Waals surface area contributed by atoms with Crippen LogP contribution in [0.5, 0.6) is 0 Å². The molecule has 0 saturated carbocycles. The van der Waals surface area contributed by atoms with Crippen molar-refractivity contribution < 1.29 is 5.11 Å². The summed E-state index contributed by atoms with van der Waals surface area (Å²) in [7, 11) is 0. The third kappa shape index (κ3) is 4.18. The summed E-state index contributed by atoms with van der Waals surface area (Å²) in [6, 6.07) is 0. The van der Waals surface area contributed by atoms with Crippen LogP contribution in [0.25, 0.3) is 0 Å². The van der Waals surface area contributed by atoms with Gasteiger partial charge in [-0.15, -0.1) is 0 Å². The number of hydrogen-bond acceptors (Lipinski definition) is 1. The molecule has 0 aromatic carbocycles. The van der Waals surface area contributed by atoms with E-state index in [1.165, 1.54) is 0 Å². The van der Waals surface area contributed by atoms with E-state index >= 15 is 0 Å². The molecule has 2 heteroatoms. The maximum atomic E-state index is 8.13. The number of allylic oxidation sites excluding steroid dienone is 1. The van der Waals surface area contributed by atoms with E-state index in [0.717, 1.165) is 4.48 Å². The SMILES string of the molecule is C/C(Br)=C\CO. The summed E-state index contributed by atoms with van der Waals surface area (Å²) < 4.78 is 0.977. The molecule has 0 fully saturated rings. The zero-order valence-corrected chi connectivity index (χ0v) is 5.20. The molecule has 36 valence electrons. The van der Waals surface area contributed by atoms with Gasteiger partial charge in [0.25, 0.3) is 0 Å². The summed E-state index contributed by atoms with van der Waals surface area (Å²) >= 11 is 3.14. The van der Waals surface area contributed by atoms with Gasteiger partial charge < -0.3 is 5.11 Å². The monoisotopic (exact) mass is 150 g/mol. The molecule has 0 aliphatic carbocycles. The highest BCUT2D eigenvalue weighted by atomic mass is 79.9. The lowest BCUT2D eigenvalue weighted by Gasteiger charge is -1.77. The molecule has 0 aromatic heterocycles. The van der Waals surface area contributed by atoms with E-state index in [2.05, 4.69) is 15.9 Å².